The zero-order valence-electron chi connectivity index (χ0n) is 6.57. The topological polar surface area (TPSA) is 49.7 Å². The van der Waals surface area contributed by atoms with Gasteiger partial charge in [0.1, 0.15) is 0 Å². The number of rotatable bonds is 1. The lowest BCUT2D eigenvalue weighted by Gasteiger charge is -1.97. The number of para-hydroxylation sites is 1. The van der Waals surface area contributed by atoms with E-state index in [0.717, 1.165) is 0 Å². The van der Waals surface area contributed by atoms with Crippen LogP contribution in [0.2, 0.25) is 0 Å². The van der Waals surface area contributed by atoms with Gasteiger partial charge < -0.3 is 5.11 Å². The van der Waals surface area contributed by atoms with E-state index in [1.807, 2.05) is 0 Å². The number of aliphatic carboxylic acids is 1. The summed E-state index contributed by atoms with van der Waals surface area (Å²) in [5, 5.41) is 10.1. The molecule has 0 fully saturated rings. The summed E-state index contributed by atoms with van der Waals surface area (Å²) in [4.78, 5) is 14.8. The maximum absolute atomic E-state index is 10.8. The molecular formula is C9H6ClNO2. The van der Waals surface area contributed by atoms with Crippen molar-refractivity contribution in [2.24, 2.45) is 4.99 Å². The first-order chi connectivity index (χ1) is 6.20. The summed E-state index contributed by atoms with van der Waals surface area (Å²) in [6.07, 6.45) is 0. The molecule has 0 saturated heterocycles. The fourth-order valence-corrected chi connectivity index (χ4v) is 1.66. The molecule has 0 saturated carbocycles. The molecule has 0 radical (unpaired) electrons. The molecule has 0 bridgehead atoms. The monoisotopic (exact) mass is 195 g/mol. The third-order valence-corrected chi connectivity index (χ3v) is 2.23. The molecule has 1 aliphatic rings. The van der Waals surface area contributed by atoms with Crippen molar-refractivity contribution in [3.8, 4) is 0 Å². The lowest BCUT2D eigenvalue weighted by Crippen LogP contribution is -2.24. The van der Waals surface area contributed by atoms with E-state index in [2.05, 4.69) is 4.99 Å². The molecule has 0 unspecified atom stereocenters. The van der Waals surface area contributed by atoms with Crippen LogP contribution in [0.3, 0.4) is 0 Å². The first-order valence-electron chi connectivity index (χ1n) is 3.74. The van der Waals surface area contributed by atoms with Crippen LogP contribution >= 0.6 is 11.6 Å². The Balaban J connectivity index is 2.84. The summed E-state index contributed by atoms with van der Waals surface area (Å²) in [7, 11) is 0. The number of carboxylic acid groups (broad SMARTS) is 1. The Hall–Kier alpha value is -1.35. The van der Waals surface area contributed by atoms with Gasteiger partial charge in [-0.1, -0.05) is 29.8 Å². The van der Waals surface area contributed by atoms with E-state index in [-0.39, 0.29) is 5.57 Å². The van der Waals surface area contributed by atoms with Crippen molar-refractivity contribution in [2.45, 2.75) is 5.50 Å². The summed E-state index contributed by atoms with van der Waals surface area (Å²) < 4.78 is 0. The van der Waals surface area contributed by atoms with Gasteiger partial charge in [0.2, 0.25) is 0 Å². The molecule has 66 valence electrons. The predicted octanol–water partition coefficient (Wildman–Crippen LogP) is 0.120. The summed E-state index contributed by atoms with van der Waals surface area (Å²) >= 11 is 5.75. The molecule has 1 aromatic rings. The smallest absolute Gasteiger partial charge is 0.335 e. The number of hydrogen-bond donors (Lipinski definition) is 1. The van der Waals surface area contributed by atoms with Crippen LogP contribution in [0, 0.1) is 0 Å². The van der Waals surface area contributed by atoms with Crippen molar-refractivity contribution in [2.75, 3.05) is 0 Å². The molecule has 0 aromatic heterocycles. The van der Waals surface area contributed by atoms with Crippen molar-refractivity contribution in [1.29, 1.82) is 0 Å². The number of fused-ring (bicyclic) bond motifs is 1. The molecule has 1 N–H and O–H groups in total. The summed E-state index contributed by atoms with van der Waals surface area (Å²) in [5.74, 6) is -1.01. The van der Waals surface area contributed by atoms with Crippen molar-refractivity contribution in [1.82, 2.24) is 0 Å². The summed E-state index contributed by atoms with van der Waals surface area (Å²) in [5.41, 5.74) is -0.591. The van der Waals surface area contributed by atoms with Crippen molar-refractivity contribution in [3.05, 3.63) is 34.8 Å². The van der Waals surface area contributed by atoms with Crippen LogP contribution in [-0.4, -0.2) is 16.6 Å². The largest absolute Gasteiger partial charge is 0.478 e. The van der Waals surface area contributed by atoms with Gasteiger partial charge in [0, 0.05) is 5.22 Å². The highest BCUT2D eigenvalue weighted by Crippen LogP contribution is 2.12. The standard InChI is InChI=1S/C9H6ClNO2/c10-8-7(9(12)13)5-3-1-2-4-6(5)11-8/h1-4,8H,(H,12,13)/t8-/m0/s1. The van der Waals surface area contributed by atoms with E-state index in [1.54, 1.807) is 24.3 Å². The van der Waals surface area contributed by atoms with Crippen LogP contribution in [0.25, 0.3) is 5.57 Å². The zero-order chi connectivity index (χ0) is 9.42. The molecule has 0 amide bonds. The normalized spacial score (nSPS) is 19.5. The van der Waals surface area contributed by atoms with Crippen LogP contribution in [0.4, 0.5) is 0 Å². The quantitative estimate of drug-likeness (QED) is 0.511. The zero-order valence-corrected chi connectivity index (χ0v) is 7.32. The van der Waals surface area contributed by atoms with Crippen molar-refractivity contribution < 1.29 is 9.90 Å². The fraction of sp³-hybridized carbons (Fsp3) is 0.111. The number of alkyl halides is 1. The number of halogens is 1. The highest BCUT2D eigenvalue weighted by Gasteiger charge is 2.22. The van der Waals surface area contributed by atoms with Crippen LogP contribution in [-0.2, 0) is 4.79 Å². The average molecular weight is 196 g/mol. The van der Waals surface area contributed by atoms with E-state index in [0.29, 0.717) is 10.6 Å². The number of carboxylic acids is 1. The van der Waals surface area contributed by atoms with E-state index in [9.17, 15) is 4.79 Å². The lowest BCUT2D eigenvalue weighted by molar-refractivity contribution is -0.130. The third-order valence-electron chi connectivity index (χ3n) is 1.92. The minimum absolute atomic E-state index is 0.164. The Morgan fingerprint density at radius 1 is 1.46 bits per heavy atom. The van der Waals surface area contributed by atoms with Gasteiger partial charge in [-0.15, -0.1) is 0 Å². The maximum atomic E-state index is 10.8. The highest BCUT2D eigenvalue weighted by molar-refractivity contribution is 6.32. The molecule has 0 spiro atoms. The van der Waals surface area contributed by atoms with Crippen LogP contribution < -0.4 is 10.6 Å². The van der Waals surface area contributed by atoms with Crippen LogP contribution in [0.15, 0.2) is 29.3 Å². The van der Waals surface area contributed by atoms with Gasteiger partial charge in [-0.2, -0.15) is 0 Å². The Labute approximate surface area is 79.0 Å². The number of carbonyl (C=O) groups is 1. The molecule has 1 aliphatic heterocycles. The Bertz CT molecular complexity index is 481. The van der Waals surface area contributed by atoms with E-state index in [1.165, 1.54) is 0 Å². The molecular weight excluding hydrogens is 190 g/mol. The number of benzene rings is 1. The minimum atomic E-state index is -1.01. The SMILES string of the molecule is O=C(O)C1=c2ccccc2=N[C@@H]1Cl. The summed E-state index contributed by atoms with van der Waals surface area (Å²) in [6.45, 7) is 0. The predicted molar refractivity (Wildman–Crippen MR) is 47.9 cm³/mol. The second-order valence-electron chi connectivity index (χ2n) is 2.70. The Morgan fingerprint density at radius 3 is 2.85 bits per heavy atom. The number of nitrogens with zero attached hydrogens (tertiary/aromatic N) is 1. The molecule has 0 aliphatic carbocycles. The van der Waals surface area contributed by atoms with Crippen molar-refractivity contribution >= 4 is 23.1 Å². The highest BCUT2D eigenvalue weighted by atomic mass is 35.5. The molecule has 3 nitrogen and oxygen atoms in total. The molecule has 13 heavy (non-hydrogen) atoms. The number of hydrogen-bond acceptors (Lipinski definition) is 2. The Morgan fingerprint density at radius 2 is 2.15 bits per heavy atom. The third kappa shape index (κ3) is 1.21. The van der Waals surface area contributed by atoms with E-state index in [4.69, 9.17) is 16.7 Å². The van der Waals surface area contributed by atoms with Crippen LogP contribution in [0.1, 0.15) is 0 Å². The molecule has 2 rings (SSSR count). The molecule has 4 heteroatoms. The maximum Gasteiger partial charge on any atom is 0.335 e. The van der Waals surface area contributed by atoms with Gasteiger partial charge in [0.05, 0.1) is 10.9 Å². The molecule has 1 atom stereocenters. The van der Waals surface area contributed by atoms with Gasteiger partial charge in [0.15, 0.2) is 5.50 Å². The van der Waals surface area contributed by atoms with E-state index < -0.39 is 11.5 Å². The van der Waals surface area contributed by atoms with Gasteiger partial charge >= 0.3 is 5.97 Å². The van der Waals surface area contributed by atoms with E-state index >= 15 is 0 Å². The minimum Gasteiger partial charge on any atom is -0.478 e. The molecule has 1 aromatic carbocycles. The Kier molecular flexibility index (Phi) is 1.81. The van der Waals surface area contributed by atoms with Gasteiger partial charge in [-0.3, -0.25) is 4.99 Å². The van der Waals surface area contributed by atoms with Gasteiger partial charge in [-0.25, -0.2) is 4.79 Å². The van der Waals surface area contributed by atoms with Crippen LogP contribution in [0.5, 0.6) is 0 Å². The van der Waals surface area contributed by atoms with Gasteiger partial charge in [-0.05, 0) is 6.07 Å². The second-order valence-corrected chi connectivity index (χ2v) is 3.11. The first-order valence-corrected chi connectivity index (χ1v) is 4.18. The second kappa shape index (κ2) is 2.85. The fourth-order valence-electron chi connectivity index (χ4n) is 1.35. The average Bonchev–Trinajstić information content (AvgIpc) is 2.39. The lowest BCUT2D eigenvalue weighted by atomic mass is 10.2. The molecule has 1 heterocycles. The summed E-state index contributed by atoms with van der Waals surface area (Å²) in [6, 6.07) is 7.04. The van der Waals surface area contributed by atoms with Gasteiger partial charge in [0.25, 0.3) is 0 Å². The van der Waals surface area contributed by atoms with Crippen molar-refractivity contribution in [3.63, 3.8) is 0 Å². The first kappa shape index (κ1) is 8.26.